The van der Waals surface area contributed by atoms with Gasteiger partial charge in [0.1, 0.15) is 0 Å². The number of hydrogen-bond acceptors (Lipinski definition) is 6. The molecule has 7 nitrogen and oxygen atoms in total. The molecule has 1 aromatic carbocycles. The molecule has 0 aromatic heterocycles. The van der Waals surface area contributed by atoms with Gasteiger partial charge in [-0.3, -0.25) is 10.1 Å². The van der Waals surface area contributed by atoms with E-state index in [0.717, 1.165) is 0 Å². The molecule has 0 spiro atoms. The number of benzene rings is 1. The first-order valence-corrected chi connectivity index (χ1v) is 5.53. The summed E-state index contributed by atoms with van der Waals surface area (Å²) < 4.78 is 4.71. The van der Waals surface area contributed by atoms with Crippen LogP contribution >= 0.6 is 0 Å². The summed E-state index contributed by atoms with van der Waals surface area (Å²) in [6, 6.07) is 6.24. The zero-order valence-electron chi connectivity index (χ0n) is 10.2. The lowest BCUT2D eigenvalue weighted by atomic mass is 9.92. The number of nitriles is 1. The Labute approximate surface area is 108 Å². The van der Waals surface area contributed by atoms with Gasteiger partial charge in [-0.05, 0) is 11.6 Å². The molecule has 0 radical (unpaired) electrons. The topological polar surface area (TPSA) is 105 Å². The second kappa shape index (κ2) is 4.57. The number of hydrogen-bond donors (Lipinski definition) is 1. The largest absolute Gasteiger partial charge is 0.467 e. The highest BCUT2D eigenvalue weighted by Crippen LogP contribution is 2.37. The summed E-state index contributed by atoms with van der Waals surface area (Å²) in [4.78, 5) is 22.1. The molecular weight excluding hydrogens is 250 g/mol. The fraction of sp³-hybridized carbons (Fsp3) is 0.333. The molecule has 0 bridgehead atoms. The van der Waals surface area contributed by atoms with Crippen LogP contribution < -0.4 is 5.32 Å². The molecule has 0 saturated carbocycles. The van der Waals surface area contributed by atoms with Gasteiger partial charge in [-0.1, -0.05) is 0 Å². The van der Waals surface area contributed by atoms with E-state index in [1.807, 2.05) is 6.07 Å². The van der Waals surface area contributed by atoms with E-state index in [1.54, 1.807) is 0 Å². The van der Waals surface area contributed by atoms with Gasteiger partial charge in [0.05, 0.1) is 24.5 Å². The van der Waals surface area contributed by atoms with Crippen molar-refractivity contribution in [2.75, 3.05) is 12.4 Å². The summed E-state index contributed by atoms with van der Waals surface area (Å²) in [7, 11) is 1.24. The van der Waals surface area contributed by atoms with Gasteiger partial charge in [-0.25, -0.2) is 4.79 Å². The van der Waals surface area contributed by atoms with Crippen LogP contribution in [-0.2, 0) is 16.0 Å². The van der Waals surface area contributed by atoms with Crippen LogP contribution in [0.15, 0.2) is 18.2 Å². The number of nitrogens with zero attached hydrogens (tertiary/aromatic N) is 2. The first-order chi connectivity index (χ1) is 9.02. The highest BCUT2D eigenvalue weighted by Gasteiger charge is 2.45. The van der Waals surface area contributed by atoms with Gasteiger partial charge in [-0.15, -0.1) is 0 Å². The lowest BCUT2D eigenvalue weighted by molar-refractivity contribution is -0.384. The van der Waals surface area contributed by atoms with Crippen molar-refractivity contribution in [2.45, 2.75) is 18.4 Å². The number of non-ortho nitro benzene ring substituents is 1. The Morgan fingerprint density at radius 3 is 3.00 bits per heavy atom. The molecule has 0 amide bonds. The molecule has 1 aromatic rings. The predicted octanol–water partition coefficient (Wildman–Crippen LogP) is 1.39. The Bertz CT molecular complexity index is 593. The standard InChI is InChI=1S/C12H11N3O4/c1-19-11(16)12(4-5-13)7-8-6-9(15(17)18)2-3-10(8)14-12/h2-3,6,14H,4,7H2,1H3. The number of nitro benzene ring substituents is 1. The van der Waals surface area contributed by atoms with E-state index in [4.69, 9.17) is 10.00 Å². The fourth-order valence-corrected chi connectivity index (χ4v) is 2.22. The number of fused-ring (bicyclic) bond motifs is 1. The molecule has 1 unspecified atom stereocenters. The number of nitrogens with one attached hydrogen (secondary N) is 1. The molecule has 19 heavy (non-hydrogen) atoms. The van der Waals surface area contributed by atoms with Crippen LogP contribution in [0.25, 0.3) is 0 Å². The van der Waals surface area contributed by atoms with Gasteiger partial charge in [-0.2, -0.15) is 5.26 Å². The molecule has 2 rings (SSSR count). The zero-order chi connectivity index (χ0) is 14.0. The van der Waals surface area contributed by atoms with Crippen LogP contribution in [-0.4, -0.2) is 23.5 Å². The zero-order valence-corrected chi connectivity index (χ0v) is 10.2. The Morgan fingerprint density at radius 1 is 1.68 bits per heavy atom. The van der Waals surface area contributed by atoms with E-state index in [1.165, 1.54) is 25.3 Å². The van der Waals surface area contributed by atoms with Gasteiger partial charge in [0.15, 0.2) is 5.54 Å². The first kappa shape index (κ1) is 12.8. The summed E-state index contributed by atoms with van der Waals surface area (Å²) >= 11 is 0. The highest BCUT2D eigenvalue weighted by atomic mass is 16.6. The Morgan fingerprint density at radius 2 is 2.42 bits per heavy atom. The van der Waals surface area contributed by atoms with E-state index in [2.05, 4.69) is 5.32 Å². The van der Waals surface area contributed by atoms with Crippen molar-refractivity contribution in [1.82, 2.24) is 0 Å². The van der Waals surface area contributed by atoms with Crippen molar-refractivity contribution >= 4 is 17.3 Å². The van der Waals surface area contributed by atoms with E-state index in [9.17, 15) is 14.9 Å². The van der Waals surface area contributed by atoms with Crippen LogP contribution in [0.1, 0.15) is 12.0 Å². The number of rotatable bonds is 3. The molecule has 0 aliphatic carbocycles. The van der Waals surface area contributed by atoms with Gasteiger partial charge in [0, 0.05) is 24.2 Å². The molecule has 1 aliphatic heterocycles. The smallest absolute Gasteiger partial charge is 0.332 e. The second-order valence-electron chi connectivity index (χ2n) is 4.31. The summed E-state index contributed by atoms with van der Waals surface area (Å²) in [5.41, 5.74) is 0.0559. The van der Waals surface area contributed by atoms with E-state index < -0.39 is 16.4 Å². The Hall–Kier alpha value is -2.62. The average Bonchev–Trinajstić information content (AvgIpc) is 2.76. The van der Waals surface area contributed by atoms with Crippen molar-refractivity contribution in [3.8, 4) is 6.07 Å². The van der Waals surface area contributed by atoms with Crippen molar-refractivity contribution in [1.29, 1.82) is 5.26 Å². The molecule has 7 heteroatoms. The Balaban J connectivity index is 2.39. The van der Waals surface area contributed by atoms with E-state index in [-0.39, 0.29) is 18.5 Å². The molecule has 0 saturated heterocycles. The van der Waals surface area contributed by atoms with Crippen LogP contribution in [0.4, 0.5) is 11.4 Å². The molecule has 98 valence electrons. The lowest BCUT2D eigenvalue weighted by Crippen LogP contribution is -2.45. The van der Waals surface area contributed by atoms with Gasteiger partial charge < -0.3 is 10.1 Å². The molecule has 1 atom stereocenters. The number of methoxy groups -OCH3 is 1. The number of carbonyl (C=O) groups is 1. The van der Waals surface area contributed by atoms with E-state index in [0.29, 0.717) is 11.3 Å². The maximum atomic E-state index is 11.8. The van der Waals surface area contributed by atoms with Crippen molar-refractivity contribution in [2.24, 2.45) is 0 Å². The maximum absolute atomic E-state index is 11.8. The Kier molecular flexibility index (Phi) is 3.09. The maximum Gasteiger partial charge on any atom is 0.332 e. The minimum absolute atomic E-state index is 0.0434. The monoisotopic (exact) mass is 261 g/mol. The van der Waals surface area contributed by atoms with Crippen LogP contribution in [0.5, 0.6) is 0 Å². The average molecular weight is 261 g/mol. The molecule has 1 N–H and O–H groups in total. The molecule has 1 heterocycles. The minimum Gasteiger partial charge on any atom is -0.467 e. The SMILES string of the molecule is COC(=O)C1(CC#N)Cc2cc([N+](=O)[O-])ccc2N1. The third-order valence-electron chi connectivity index (χ3n) is 3.12. The fourth-order valence-electron chi connectivity index (χ4n) is 2.22. The predicted molar refractivity (Wildman–Crippen MR) is 65.4 cm³/mol. The lowest BCUT2D eigenvalue weighted by Gasteiger charge is -2.23. The summed E-state index contributed by atoms with van der Waals surface area (Å²) in [6.07, 6.45) is 0.131. The third-order valence-corrected chi connectivity index (χ3v) is 3.12. The quantitative estimate of drug-likeness (QED) is 0.500. The third kappa shape index (κ3) is 2.08. The van der Waals surface area contributed by atoms with Gasteiger partial charge in [0.25, 0.3) is 5.69 Å². The van der Waals surface area contributed by atoms with Crippen LogP contribution in [0.2, 0.25) is 0 Å². The molecular formula is C12H11N3O4. The summed E-state index contributed by atoms with van der Waals surface area (Å²) in [5, 5.41) is 22.5. The van der Waals surface area contributed by atoms with Crippen molar-refractivity contribution < 1.29 is 14.5 Å². The van der Waals surface area contributed by atoms with Crippen molar-refractivity contribution in [3.05, 3.63) is 33.9 Å². The summed E-state index contributed by atoms with van der Waals surface area (Å²) in [6.45, 7) is 0. The summed E-state index contributed by atoms with van der Waals surface area (Å²) in [5.74, 6) is -0.548. The number of anilines is 1. The van der Waals surface area contributed by atoms with Crippen LogP contribution in [0.3, 0.4) is 0 Å². The number of nitro groups is 1. The number of carbonyl (C=O) groups excluding carboxylic acids is 1. The van der Waals surface area contributed by atoms with Crippen molar-refractivity contribution in [3.63, 3.8) is 0 Å². The van der Waals surface area contributed by atoms with E-state index >= 15 is 0 Å². The number of esters is 1. The first-order valence-electron chi connectivity index (χ1n) is 5.53. The normalized spacial score (nSPS) is 20.0. The molecule has 0 fully saturated rings. The van der Waals surface area contributed by atoms with Gasteiger partial charge >= 0.3 is 5.97 Å². The number of ether oxygens (including phenoxy) is 1. The second-order valence-corrected chi connectivity index (χ2v) is 4.31. The molecule has 1 aliphatic rings. The van der Waals surface area contributed by atoms with Gasteiger partial charge in [0.2, 0.25) is 0 Å². The van der Waals surface area contributed by atoms with Crippen LogP contribution in [0, 0.1) is 21.4 Å². The minimum atomic E-state index is -1.15. The highest BCUT2D eigenvalue weighted by molar-refractivity contribution is 5.88.